The van der Waals surface area contributed by atoms with E-state index in [-0.39, 0.29) is 6.09 Å². The first-order valence-corrected chi connectivity index (χ1v) is 8.98. The van der Waals surface area contributed by atoms with Gasteiger partial charge < -0.3 is 15.0 Å². The average Bonchev–Trinajstić information content (AvgIpc) is 3.15. The van der Waals surface area contributed by atoms with E-state index in [2.05, 4.69) is 16.4 Å². The largest absolute Gasteiger partial charge is 0.444 e. The molecule has 1 aromatic heterocycles. The molecule has 5 heteroatoms. The molecular formula is C19H29N3O2. The molecule has 1 saturated heterocycles. The number of nitrogens with zero attached hydrogens (tertiary/aromatic N) is 2. The van der Waals surface area contributed by atoms with Crippen LogP contribution in [0.5, 0.6) is 0 Å². The molecule has 5 nitrogen and oxygen atoms in total. The normalized spacial score (nSPS) is 24.8. The fourth-order valence-electron chi connectivity index (χ4n) is 4.13. The summed E-state index contributed by atoms with van der Waals surface area (Å²) in [4.78, 5) is 18.8. The van der Waals surface area contributed by atoms with Crippen LogP contribution in [0.2, 0.25) is 0 Å². The summed E-state index contributed by atoms with van der Waals surface area (Å²) in [5.41, 5.74) is 2.18. The van der Waals surface area contributed by atoms with Crippen molar-refractivity contribution in [2.45, 2.75) is 57.6 Å². The molecule has 0 radical (unpaired) electrons. The number of amides is 1. The van der Waals surface area contributed by atoms with Gasteiger partial charge in [-0.15, -0.1) is 0 Å². The Bertz CT molecular complexity index is 597. The molecule has 2 aliphatic rings. The molecule has 0 spiro atoms. The number of pyridine rings is 1. The van der Waals surface area contributed by atoms with Crippen molar-refractivity contribution in [3.63, 3.8) is 0 Å². The number of hydrogen-bond donors (Lipinski definition) is 1. The van der Waals surface area contributed by atoms with Crippen molar-refractivity contribution >= 4 is 6.09 Å². The summed E-state index contributed by atoms with van der Waals surface area (Å²) >= 11 is 0. The second kappa shape index (κ2) is 6.71. The third-order valence-electron chi connectivity index (χ3n) is 5.15. The summed E-state index contributed by atoms with van der Waals surface area (Å²) < 4.78 is 5.52. The number of carbonyl (C=O) groups is 1. The lowest BCUT2D eigenvalue weighted by atomic mass is 9.86. The Morgan fingerprint density at radius 2 is 2.21 bits per heavy atom. The van der Waals surface area contributed by atoms with Crippen LogP contribution in [0.3, 0.4) is 0 Å². The molecule has 1 amide bonds. The quantitative estimate of drug-likeness (QED) is 0.925. The summed E-state index contributed by atoms with van der Waals surface area (Å²) in [6.45, 7) is 7.28. The summed E-state index contributed by atoms with van der Waals surface area (Å²) in [7, 11) is 2.03. The molecule has 1 fully saturated rings. The summed E-state index contributed by atoms with van der Waals surface area (Å²) in [6, 6.07) is 4.57. The van der Waals surface area contributed by atoms with Crippen molar-refractivity contribution in [2.75, 3.05) is 20.1 Å². The molecule has 1 N–H and O–H groups in total. The van der Waals surface area contributed by atoms with Gasteiger partial charge in [-0.2, -0.15) is 0 Å². The van der Waals surface area contributed by atoms with Crippen LogP contribution in [-0.4, -0.2) is 47.8 Å². The summed E-state index contributed by atoms with van der Waals surface area (Å²) in [5.74, 6) is 0.885. The number of carbonyl (C=O) groups excluding carboxylic acids is 1. The highest BCUT2D eigenvalue weighted by Gasteiger charge is 2.39. The van der Waals surface area contributed by atoms with Gasteiger partial charge in [0, 0.05) is 36.9 Å². The number of rotatable bonds is 3. The number of aryl methyl sites for hydroxylation is 1. The zero-order valence-corrected chi connectivity index (χ0v) is 15.2. The number of likely N-dealkylation sites (N-methyl/N-ethyl adjacent to an activating group) is 1. The van der Waals surface area contributed by atoms with E-state index in [1.807, 2.05) is 45.0 Å². The van der Waals surface area contributed by atoms with E-state index in [1.165, 1.54) is 11.3 Å². The number of fused-ring (bicyclic) bond motifs is 1. The predicted molar refractivity (Wildman–Crippen MR) is 94.1 cm³/mol. The van der Waals surface area contributed by atoms with Gasteiger partial charge in [-0.1, -0.05) is 6.07 Å². The van der Waals surface area contributed by atoms with Gasteiger partial charge in [0.2, 0.25) is 0 Å². The molecule has 1 aliphatic carbocycles. The third-order valence-corrected chi connectivity index (χ3v) is 5.15. The molecule has 3 atom stereocenters. The minimum atomic E-state index is -0.439. The van der Waals surface area contributed by atoms with Crippen LogP contribution in [0.15, 0.2) is 18.3 Å². The monoisotopic (exact) mass is 331 g/mol. The number of hydrogen-bond acceptors (Lipinski definition) is 4. The first kappa shape index (κ1) is 17.2. The van der Waals surface area contributed by atoms with E-state index in [4.69, 9.17) is 4.74 Å². The minimum Gasteiger partial charge on any atom is -0.444 e. The lowest BCUT2D eigenvalue weighted by molar-refractivity contribution is 0.0284. The Morgan fingerprint density at radius 1 is 1.42 bits per heavy atom. The van der Waals surface area contributed by atoms with Crippen LogP contribution in [0.4, 0.5) is 4.79 Å². The molecule has 132 valence electrons. The molecule has 1 aromatic rings. The molecular weight excluding hydrogens is 302 g/mol. The van der Waals surface area contributed by atoms with Crippen molar-refractivity contribution in [2.24, 2.45) is 5.92 Å². The van der Waals surface area contributed by atoms with Gasteiger partial charge in [-0.05, 0) is 64.6 Å². The van der Waals surface area contributed by atoms with E-state index in [9.17, 15) is 4.79 Å². The van der Waals surface area contributed by atoms with Gasteiger partial charge >= 0.3 is 6.09 Å². The van der Waals surface area contributed by atoms with Crippen molar-refractivity contribution in [3.8, 4) is 0 Å². The summed E-state index contributed by atoms with van der Waals surface area (Å²) in [6.07, 6.45) is 4.97. The molecule has 1 aliphatic heterocycles. The van der Waals surface area contributed by atoms with Crippen LogP contribution in [0.25, 0.3) is 0 Å². The standard InChI is InChI=1S/C19H29N3O2/c1-19(2,3)24-18(23)22-11-9-14(12-22)16(20-4)15-8-7-13-6-5-10-21-17(13)15/h5-6,10,14-16,20H,7-9,11-12H2,1-4H3. The van der Waals surface area contributed by atoms with E-state index in [0.717, 1.165) is 32.4 Å². The van der Waals surface area contributed by atoms with Crippen molar-refractivity contribution in [1.29, 1.82) is 0 Å². The Kier molecular flexibility index (Phi) is 4.81. The molecule has 0 saturated carbocycles. The van der Waals surface area contributed by atoms with Gasteiger partial charge in [0.25, 0.3) is 0 Å². The summed E-state index contributed by atoms with van der Waals surface area (Å²) in [5, 5.41) is 3.52. The van der Waals surface area contributed by atoms with E-state index in [0.29, 0.717) is 17.9 Å². The zero-order chi connectivity index (χ0) is 17.3. The van der Waals surface area contributed by atoms with Crippen LogP contribution in [-0.2, 0) is 11.2 Å². The minimum absolute atomic E-state index is 0.190. The molecule has 0 bridgehead atoms. The molecule has 0 aromatic carbocycles. The maximum atomic E-state index is 12.3. The van der Waals surface area contributed by atoms with E-state index < -0.39 is 5.60 Å². The highest BCUT2D eigenvalue weighted by atomic mass is 16.6. The van der Waals surface area contributed by atoms with Gasteiger partial charge in [-0.25, -0.2) is 4.79 Å². The van der Waals surface area contributed by atoms with Crippen molar-refractivity contribution < 1.29 is 9.53 Å². The highest BCUT2D eigenvalue weighted by molar-refractivity contribution is 5.68. The van der Waals surface area contributed by atoms with E-state index in [1.54, 1.807) is 0 Å². The van der Waals surface area contributed by atoms with Gasteiger partial charge in [-0.3, -0.25) is 4.98 Å². The van der Waals surface area contributed by atoms with Gasteiger partial charge in [0.1, 0.15) is 5.60 Å². The number of aromatic nitrogens is 1. The number of nitrogens with one attached hydrogen (secondary N) is 1. The first-order chi connectivity index (χ1) is 11.4. The van der Waals surface area contributed by atoms with Crippen molar-refractivity contribution in [3.05, 3.63) is 29.6 Å². The van der Waals surface area contributed by atoms with Crippen LogP contribution >= 0.6 is 0 Å². The van der Waals surface area contributed by atoms with Crippen molar-refractivity contribution in [1.82, 2.24) is 15.2 Å². The molecule has 3 rings (SSSR count). The third kappa shape index (κ3) is 3.56. The second-order valence-electron chi connectivity index (χ2n) is 7.98. The number of likely N-dealkylation sites (tertiary alicyclic amines) is 1. The highest BCUT2D eigenvalue weighted by Crippen LogP contribution is 2.38. The van der Waals surface area contributed by atoms with Crippen LogP contribution < -0.4 is 5.32 Å². The fraction of sp³-hybridized carbons (Fsp3) is 0.684. The molecule has 24 heavy (non-hydrogen) atoms. The lowest BCUT2D eigenvalue weighted by Gasteiger charge is -2.29. The second-order valence-corrected chi connectivity index (χ2v) is 7.98. The Balaban J connectivity index is 1.67. The Labute approximate surface area is 144 Å². The maximum Gasteiger partial charge on any atom is 0.410 e. The zero-order valence-electron chi connectivity index (χ0n) is 15.2. The molecule has 3 unspecified atom stereocenters. The predicted octanol–water partition coefficient (Wildman–Crippen LogP) is 2.96. The lowest BCUT2D eigenvalue weighted by Crippen LogP contribution is -2.41. The van der Waals surface area contributed by atoms with Gasteiger partial charge in [0.15, 0.2) is 0 Å². The maximum absolute atomic E-state index is 12.3. The topological polar surface area (TPSA) is 54.5 Å². The smallest absolute Gasteiger partial charge is 0.410 e. The van der Waals surface area contributed by atoms with Gasteiger partial charge in [0.05, 0.1) is 0 Å². The number of ether oxygens (including phenoxy) is 1. The average molecular weight is 331 g/mol. The fourth-order valence-corrected chi connectivity index (χ4v) is 4.13. The Morgan fingerprint density at radius 3 is 2.92 bits per heavy atom. The van der Waals surface area contributed by atoms with Crippen LogP contribution in [0.1, 0.15) is 50.8 Å². The first-order valence-electron chi connectivity index (χ1n) is 8.98. The Hall–Kier alpha value is -1.62. The SMILES string of the molecule is CNC(C1CCN(C(=O)OC(C)(C)C)C1)C1CCc2cccnc21. The van der Waals surface area contributed by atoms with Crippen LogP contribution in [0, 0.1) is 5.92 Å². The van der Waals surface area contributed by atoms with E-state index >= 15 is 0 Å². The molecule has 2 heterocycles.